The highest BCUT2D eigenvalue weighted by Gasteiger charge is 2.14. The van der Waals surface area contributed by atoms with E-state index in [2.05, 4.69) is 15.5 Å². The highest BCUT2D eigenvalue weighted by Crippen LogP contribution is 2.25. The molecule has 0 aliphatic carbocycles. The number of hydrogen-bond acceptors (Lipinski definition) is 5. The third-order valence-corrected chi connectivity index (χ3v) is 4.71. The van der Waals surface area contributed by atoms with Gasteiger partial charge in [0.1, 0.15) is 0 Å². The number of carbonyl (C=O) groups excluding carboxylic acids is 1. The van der Waals surface area contributed by atoms with Crippen molar-refractivity contribution in [2.75, 3.05) is 5.32 Å². The van der Waals surface area contributed by atoms with Crippen LogP contribution in [-0.2, 0) is 17.9 Å². The summed E-state index contributed by atoms with van der Waals surface area (Å²) in [6.45, 7) is 2.45. The van der Waals surface area contributed by atoms with Gasteiger partial charge in [0.2, 0.25) is 5.91 Å². The number of aromatic nitrogens is 4. The second-order valence-corrected chi connectivity index (χ2v) is 6.84. The van der Waals surface area contributed by atoms with Crippen LogP contribution in [0.15, 0.2) is 36.5 Å². The van der Waals surface area contributed by atoms with E-state index in [1.807, 2.05) is 6.92 Å². The monoisotopic (exact) mass is 422 g/mol. The SMILES string of the molecule is Cc1cc(NC(=O)CCn2ccc([N+](=O)[O-])n2)nn1Cc1c(Cl)cccc1Cl. The lowest BCUT2D eigenvalue weighted by atomic mass is 10.2. The first kappa shape index (κ1) is 19.8. The minimum Gasteiger partial charge on any atom is -0.358 e. The summed E-state index contributed by atoms with van der Waals surface area (Å²) in [6.07, 6.45) is 1.55. The van der Waals surface area contributed by atoms with Crippen molar-refractivity contribution in [1.29, 1.82) is 0 Å². The van der Waals surface area contributed by atoms with Crippen molar-refractivity contribution in [1.82, 2.24) is 19.6 Å². The van der Waals surface area contributed by atoms with E-state index in [9.17, 15) is 14.9 Å². The molecule has 28 heavy (non-hydrogen) atoms. The molecule has 0 unspecified atom stereocenters. The Morgan fingerprint density at radius 2 is 1.96 bits per heavy atom. The summed E-state index contributed by atoms with van der Waals surface area (Å²) in [6, 6.07) is 8.29. The molecule has 0 atom stereocenters. The third kappa shape index (κ3) is 4.68. The number of carbonyl (C=O) groups is 1. The third-order valence-electron chi connectivity index (χ3n) is 4.00. The number of aryl methyl sites for hydroxylation is 2. The summed E-state index contributed by atoms with van der Waals surface area (Å²) in [5.41, 5.74) is 1.57. The summed E-state index contributed by atoms with van der Waals surface area (Å²) in [5, 5.41) is 22.5. The van der Waals surface area contributed by atoms with Gasteiger partial charge < -0.3 is 15.4 Å². The van der Waals surface area contributed by atoms with Gasteiger partial charge in [0.25, 0.3) is 0 Å². The highest BCUT2D eigenvalue weighted by molar-refractivity contribution is 6.35. The maximum absolute atomic E-state index is 12.1. The summed E-state index contributed by atoms with van der Waals surface area (Å²) < 4.78 is 3.04. The van der Waals surface area contributed by atoms with Crippen LogP contribution in [0.1, 0.15) is 17.7 Å². The zero-order valence-electron chi connectivity index (χ0n) is 14.8. The van der Waals surface area contributed by atoms with Crippen LogP contribution >= 0.6 is 23.2 Å². The van der Waals surface area contributed by atoms with Crippen molar-refractivity contribution in [2.24, 2.45) is 0 Å². The van der Waals surface area contributed by atoms with Gasteiger partial charge in [-0.1, -0.05) is 29.3 Å². The van der Waals surface area contributed by atoms with Crippen LogP contribution < -0.4 is 5.32 Å². The number of rotatable bonds is 7. The molecule has 0 spiro atoms. The van der Waals surface area contributed by atoms with E-state index in [0.717, 1.165) is 11.3 Å². The number of nitro groups is 1. The smallest absolute Gasteiger partial charge is 0.358 e. The molecule has 11 heteroatoms. The van der Waals surface area contributed by atoms with E-state index < -0.39 is 4.92 Å². The minimum absolute atomic E-state index is 0.0983. The van der Waals surface area contributed by atoms with Crippen molar-refractivity contribution in [3.8, 4) is 0 Å². The fraction of sp³-hybridized carbons (Fsp3) is 0.235. The van der Waals surface area contributed by atoms with Gasteiger partial charge in [-0.25, -0.2) is 0 Å². The summed E-state index contributed by atoms with van der Waals surface area (Å²) in [7, 11) is 0. The Kier molecular flexibility index (Phi) is 5.96. The van der Waals surface area contributed by atoms with Gasteiger partial charge in [-0.2, -0.15) is 9.78 Å². The first-order valence-corrected chi connectivity index (χ1v) is 9.04. The van der Waals surface area contributed by atoms with E-state index in [0.29, 0.717) is 22.4 Å². The van der Waals surface area contributed by atoms with Gasteiger partial charge in [-0.3, -0.25) is 9.48 Å². The molecule has 0 fully saturated rings. The molecule has 3 aromatic rings. The fourth-order valence-electron chi connectivity index (χ4n) is 2.56. The van der Waals surface area contributed by atoms with Crippen LogP contribution in [0.4, 0.5) is 11.6 Å². The van der Waals surface area contributed by atoms with Crippen molar-refractivity contribution >= 4 is 40.7 Å². The number of nitrogens with one attached hydrogen (secondary N) is 1. The topological polar surface area (TPSA) is 108 Å². The summed E-state index contributed by atoms with van der Waals surface area (Å²) in [5.74, 6) is -0.135. The maximum Gasteiger partial charge on any atom is 0.389 e. The molecule has 0 aliphatic rings. The molecule has 3 rings (SSSR count). The Morgan fingerprint density at radius 1 is 1.25 bits per heavy atom. The van der Waals surface area contributed by atoms with E-state index in [4.69, 9.17) is 23.2 Å². The number of amides is 1. The van der Waals surface area contributed by atoms with Crippen LogP contribution in [0.2, 0.25) is 10.0 Å². The van der Waals surface area contributed by atoms with E-state index in [-0.39, 0.29) is 24.7 Å². The fourth-order valence-corrected chi connectivity index (χ4v) is 3.08. The minimum atomic E-state index is -0.586. The van der Waals surface area contributed by atoms with Crippen molar-refractivity contribution in [2.45, 2.75) is 26.4 Å². The number of anilines is 1. The Morgan fingerprint density at radius 3 is 2.61 bits per heavy atom. The Bertz CT molecular complexity index is 1010. The van der Waals surface area contributed by atoms with Gasteiger partial charge >= 0.3 is 5.82 Å². The molecule has 1 N–H and O–H groups in total. The van der Waals surface area contributed by atoms with E-state index in [1.54, 1.807) is 28.9 Å². The van der Waals surface area contributed by atoms with Gasteiger partial charge in [0, 0.05) is 33.8 Å². The Balaban J connectivity index is 1.61. The van der Waals surface area contributed by atoms with Crippen LogP contribution in [0.25, 0.3) is 0 Å². The molecule has 2 aromatic heterocycles. The van der Waals surface area contributed by atoms with Crippen molar-refractivity contribution in [3.05, 3.63) is 67.9 Å². The van der Waals surface area contributed by atoms with Crippen LogP contribution in [-0.4, -0.2) is 30.4 Å². The van der Waals surface area contributed by atoms with Gasteiger partial charge in [0.05, 0.1) is 30.5 Å². The maximum atomic E-state index is 12.1. The van der Waals surface area contributed by atoms with Crippen LogP contribution in [0.3, 0.4) is 0 Å². The standard InChI is InChI=1S/C17H16Cl2N6O3/c1-11-9-15(21-24(11)10-12-13(18)3-2-4-14(12)19)20-17(26)6-8-23-7-5-16(22-23)25(27)28/h2-5,7,9H,6,8,10H2,1H3,(H,20,21,26). The zero-order valence-corrected chi connectivity index (χ0v) is 16.3. The molecule has 0 saturated carbocycles. The highest BCUT2D eigenvalue weighted by atomic mass is 35.5. The van der Waals surface area contributed by atoms with Crippen LogP contribution in [0, 0.1) is 17.0 Å². The first-order chi connectivity index (χ1) is 13.3. The Labute approximate surface area is 170 Å². The molecular formula is C17H16Cl2N6O3. The lowest BCUT2D eigenvalue weighted by Crippen LogP contribution is -2.15. The first-order valence-electron chi connectivity index (χ1n) is 8.28. The lowest BCUT2D eigenvalue weighted by molar-refractivity contribution is -0.389. The lowest BCUT2D eigenvalue weighted by Gasteiger charge is -2.08. The number of hydrogen-bond donors (Lipinski definition) is 1. The predicted octanol–water partition coefficient (Wildman–Crippen LogP) is 3.68. The Hall–Kier alpha value is -2.91. The van der Waals surface area contributed by atoms with Gasteiger partial charge in [0.15, 0.2) is 5.82 Å². The number of halogens is 2. The van der Waals surface area contributed by atoms with E-state index >= 15 is 0 Å². The average Bonchev–Trinajstić information content (AvgIpc) is 3.23. The molecule has 9 nitrogen and oxygen atoms in total. The predicted molar refractivity (Wildman–Crippen MR) is 105 cm³/mol. The molecule has 0 saturated heterocycles. The van der Waals surface area contributed by atoms with Gasteiger partial charge in [-0.15, -0.1) is 0 Å². The van der Waals surface area contributed by atoms with Gasteiger partial charge in [-0.05, 0) is 24.0 Å². The quantitative estimate of drug-likeness (QED) is 0.461. The number of benzene rings is 1. The van der Waals surface area contributed by atoms with Crippen LogP contribution in [0.5, 0.6) is 0 Å². The molecule has 2 heterocycles. The molecule has 146 valence electrons. The van der Waals surface area contributed by atoms with E-state index in [1.165, 1.54) is 16.9 Å². The average molecular weight is 423 g/mol. The summed E-state index contributed by atoms with van der Waals surface area (Å²) >= 11 is 12.4. The van der Waals surface area contributed by atoms with Crippen molar-refractivity contribution in [3.63, 3.8) is 0 Å². The number of nitrogens with zero attached hydrogens (tertiary/aromatic N) is 5. The second-order valence-electron chi connectivity index (χ2n) is 6.02. The molecule has 1 aromatic carbocycles. The zero-order chi connectivity index (χ0) is 20.3. The largest absolute Gasteiger partial charge is 0.389 e. The molecule has 1 amide bonds. The summed E-state index contributed by atoms with van der Waals surface area (Å²) in [4.78, 5) is 22.2. The molecule has 0 radical (unpaired) electrons. The van der Waals surface area contributed by atoms with Crippen molar-refractivity contribution < 1.29 is 9.72 Å². The molecule has 0 aliphatic heterocycles. The second kappa shape index (κ2) is 8.41. The molecule has 0 bridgehead atoms. The molecular weight excluding hydrogens is 407 g/mol. The normalized spacial score (nSPS) is 10.8.